The fraction of sp³-hybridized carbons (Fsp3) is 0.500. The van der Waals surface area contributed by atoms with Crippen LogP contribution in [0.25, 0.3) is 0 Å². The maximum atomic E-state index is 3.29. The zero-order valence-corrected chi connectivity index (χ0v) is 7.37. The van der Waals surface area contributed by atoms with Gasteiger partial charge in [0.05, 0.1) is 0 Å². The van der Waals surface area contributed by atoms with Gasteiger partial charge in [-0.05, 0) is 43.8 Å². The first-order valence-corrected chi connectivity index (χ1v) is 4.73. The molecule has 0 saturated heterocycles. The van der Waals surface area contributed by atoms with Gasteiger partial charge < -0.3 is 4.98 Å². The molecule has 1 saturated carbocycles. The Morgan fingerprint density at radius 2 is 2.45 bits per heavy atom. The normalized spacial score (nSPS) is 17.2. The second-order valence-corrected chi connectivity index (χ2v) is 3.95. The third kappa shape index (κ3) is 1.60. The van der Waals surface area contributed by atoms with E-state index in [4.69, 9.17) is 0 Å². The first-order valence-electron chi connectivity index (χ1n) is 3.92. The number of hydrogen-bond donors (Lipinski definition) is 2. The van der Waals surface area contributed by atoms with Crippen LogP contribution in [0.1, 0.15) is 24.5 Å². The molecule has 1 aromatic heterocycles. The number of hydrogen-bond acceptors (Lipinski definition) is 2. The number of aromatic nitrogens is 1. The minimum Gasteiger partial charge on any atom is -0.364 e. The molecule has 1 heterocycles. The average molecular weight is 168 g/mol. The molecule has 0 unspecified atom stereocenters. The molecule has 0 atom stereocenters. The number of rotatable bonds is 3. The topological polar surface area (TPSA) is 27.8 Å². The summed E-state index contributed by atoms with van der Waals surface area (Å²) in [5.41, 5.74) is 1.41. The van der Waals surface area contributed by atoms with Gasteiger partial charge in [0.2, 0.25) is 0 Å². The molecule has 0 aliphatic heterocycles. The molecule has 60 valence electrons. The smallest absolute Gasteiger partial charge is 0.0405 e. The van der Waals surface area contributed by atoms with Crippen LogP contribution in [0.15, 0.2) is 17.2 Å². The maximum absolute atomic E-state index is 3.29. The van der Waals surface area contributed by atoms with Crippen LogP contribution in [0, 0.1) is 0 Å². The molecule has 1 aromatic rings. The lowest BCUT2D eigenvalue weighted by Gasteiger charge is -1.90. The van der Waals surface area contributed by atoms with E-state index in [1.807, 2.05) is 7.05 Å². The third-order valence-electron chi connectivity index (χ3n) is 1.92. The second-order valence-electron chi connectivity index (χ2n) is 2.87. The van der Waals surface area contributed by atoms with Gasteiger partial charge in [0.25, 0.3) is 0 Å². The Kier molecular flexibility index (Phi) is 1.92. The zero-order valence-electron chi connectivity index (χ0n) is 6.55. The van der Waals surface area contributed by atoms with E-state index >= 15 is 0 Å². The van der Waals surface area contributed by atoms with Gasteiger partial charge in [-0.25, -0.2) is 0 Å². The predicted octanol–water partition coefficient (Wildman–Crippen LogP) is 2.12. The third-order valence-corrected chi connectivity index (χ3v) is 2.59. The highest BCUT2D eigenvalue weighted by Gasteiger charge is 2.24. The van der Waals surface area contributed by atoms with E-state index in [2.05, 4.69) is 22.0 Å². The van der Waals surface area contributed by atoms with E-state index in [1.54, 1.807) is 11.9 Å². The summed E-state index contributed by atoms with van der Waals surface area (Å²) in [4.78, 5) is 4.58. The Labute approximate surface area is 70.9 Å². The van der Waals surface area contributed by atoms with Crippen molar-refractivity contribution in [2.24, 2.45) is 0 Å². The van der Waals surface area contributed by atoms with Crippen LogP contribution in [-0.2, 0) is 0 Å². The monoisotopic (exact) mass is 168 g/mol. The average Bonchev–Trinajstić information content (AvgIpc) is 2.75. The van der Waals surface area contributed by atoms with Crippen LogP contribution < -0.4 is 4.72 Å². The van der Waals surface area contributed by atoms with E-state index in [9.17, 15) is 0 Å². The van der Waals surface area contributed by atoms with E-state index in [0.717, 1.165) is 5.92 Å². The summed E-state index contributed by atoms with van der Waals surface area (Å²) >= 11 is 1.66. The zero-order chi connectivity index (χ0) is 7.68. The molecule has 1 fully saturated rings. The standard InChI is InChI=1S/C8H12N2S/c1-9-11-7-4-8(10-5-7)6-2-3-6/h4-6,9-10H,2-3H2,1H3. The number of nitrogens with one attached hydrogen (secondary N) is 2. The molecule has 2 nitrogen and oxygen atoms in total. The van der Waals surface area contributed by atoms with Crippen molar-refractivity contribution in [3.8, 4) is 0 Å². The van der Waals surface area contributed by atoms with Crippen LogP contribution in [0.4, 0.5) is 0 Å². The molecular weight excluding hydrogens is 156 g/mol. The summed E-state index contributed by atoms with van der Waals surface area (Å²) < 4.78 is 3.05. The molecule has 0 bridgehead atoms. The molecule has 0 amide bonds. The van der Waals surface area contributed by atoms with Crippen LogP contribution in [0.2, 0.25) is 0 Å². The van der Waals surface area contributed by atoms with Crippen molar-refractivity contribution in [2.75, 3.05) is 7.05 Å². The van der Waals surface area contributed by atoms with E-state index < -0.39 is 0 Å². The summed E-state index contributed by atoms with van der Waals surface area (Å²) in [6.45, 7) is 0. The van der Waals surface area contributed by atoms with Crippen LogP contribution in [0.3, 0.4) is 0 Å². The van der Waals surface area contributed by atoms with Gasteiger partial charge in [-0.2, -0.15) is 0 Å². The summed E-state index contributed by atoms with van der Waals surface area (Å²) in [5.74, 6) is 0.834. The minimum atomic E-state index is 0.834. The van der Waals surface area contributed by atoms with Gasteiger partial charge in [0.1, 0.15) is 0 Å². The molecular formula is C8H12N2S. The SMILES string of the molecule is CNSc1c[nH]c(C2CC2)c1. The molecule has 11 heavy (non-hydrogen) atoms. The summed E-state index contributed by atoms with van der Waals surface area (Å²) in [6.07, 6.45) is 4.79. The van der Waals surface area contributed by atoms with Gasteiger partial charge in [-0.1, -0.05) is 0 Å². The van der Waals surface area contributed by atoms with Crippen molar-refractivity contribution in [1.82, 2.24) is 9.71 Å². The maximum Gasteiger partial charge on any atom is 0.0405 e. The quantitative estimate of drug-likeness (QED) is 0.677. The van der Waals surface area contributed by atoms with Gasteiger partial charge in [0.15, 0.2) is 0 Å². The highest BCUT2D eigenvalue weighted by molar-refractivity contribution is 7.97. The first kappa shape index (κ1) is 7.25. The van der Waals surface area contributed by atoms with Crippen molar-refractivity contribution in [3.63, 3.8) is 0 Å². The molecule has 2 rings (SSSR count). The van der Waals surface area contributed by atoms with Crippen molar-refractivity contribution >= 4 is 11.9 Å². The molecule has 2 N–H and O–H groups in total. The molecule has 0 radical (unpaired) electrons. The lowest BCUT2D eigenvalue weighted by Crippen LogP contribution is -1.88. The van der Waals surface area contributed by atoms with E-state index in [1.165, 1.54) is 23.4 Å². The van der Waals surface area contributed by atoms with Gasteiger partial charge in [-0.3, -0.25) is 4.72 Å². The van der Waals surface area contributed by atoms with Crippen molar-refractivity contribution in [1.29, 1.82) is 0 Å². The summed E-state index contributed by atoms with van der Waals surface area (Å²) in [5, 5.41) is 0. The number of H-pyrrole nitrogens is 1. The Morgan fingerprint density at radius 3 is 3.09 bits per heavy atom. The lowest BCUT2D eigenvalue weighted by atomic mass is 10.3. The largest absolute Gasteiger partial charge is 0.364 e. The summed E-state index contributed by atoms with van der Waals surface area (Å²) in [6, 6.07) is 2.23. The van der Waals surface area contributed by atoms with Crippen molar-refractivity contribution in [3.05, 3.63) is 18.0 Å². The number of aromatic amines is 1. The van der Waals surface area contributed by atoms with Crippen LogP contribution in [0.5, 0.6) is 0 Å². The Bertz CT molecular complexity index is 240. The minimum absolute atomic E-state index is 0.834. The second kappa shape index (κ2) is 2.91. The summed E-state index contributed by atoms with van der Waals surface area (Å²) in [7, 11) is 1.94. The highest BCUT2D eigenvalue weighted by Crippen LogP contribution is 2.40. The Balaban J connectivity index is 2.06. The fourth-order valence-corrected chi connectivity index (χ4v) is 1.74. The lowest BCUT2D eigenvalue weighted by molar-refractivity contribution is 1.05. The van der Waals surface area contributed by atoms with Gasteiger partial charge >= 0.3 is 0 Å². The molecule has 3 heteroatoms. The van der Waals surface area contributed by atoms with E-state index in [-0.39, 0.29) is 0 Å². The molecule has 0 spiro atoms. The van der Waals surface area contributed by atoms with Crippen molar-refractivity contribution < 1.29 is 0 Å². The van der Waals surface area contributed by atoms with E-state index in [0.29, 0.717) is 0 Å². The molecule has 1 aliphatic rings. The van der Waals surface area contributed by atoms with Gasteiger partial charge in [-0.15, -0.1) is 0 Å². The predicted molar refractivity (Wildman–Crippen MR) is 47.7 cm³/mol. The van der Waals surface area contributed by atoms with Gasteiger partial charge in [0, 0.05) is 16.8 Å². The molecule has 1 aliphatic carbocycles. The molecule has 0 aromatic carbocycles. The fourth-order valence-electron chi connectivity index (χ4n) is 1.20. The van der Waals surface area contributed by atoms with Crippen LogP contribution >= 0.6 is 11.9 Å². The van der Waals surface area contributed by atoms with Crippen LogP contribution in [-0.4, -0.2) is 12.0 Å². The Hall–Kier alpha value is -0.410. The Morgan fingerprint density at radius 1 is 1.64 bits per heavy atom. The highest BCUT2D eigenvalue weighted by atomic mass is 32.2. The first-order chi connectivity index (χ1) is 5.40. The van der Waals surface area contributed by atoms with Crippen molar-refractivity contribution in [2.45, 2.75) is 23.7 Å².